The molecule has 0 aliphatic rings. The SMILES string of the molecule is CC[C@H](C)[C@H](NC(=O)[C@@H](NC(=O)[C@@H](NC(=O)CNC(=O)CNC(=O)[C@@H](NC(=O)[C@H](CCSC)NC(=O)[C@@H](N)CC(C)C)C(C)C)C(C)C)C(C)C)C(=O)N[C@@H](C)C(N)=O. The van der Waals surface area contributed by atoms with Crippen molar-refractivity contribution < 1.29 is 43.2 Å². The van der Waals surface area contributed by atoms with Crippen molar-refractivity contribution in [3.05, 3.63) is 0 Å². The average Bonchev–Trinajstić information content (AvgIpc) is 3.15. The van der Waals surface area contributed by atoms with Gasteiger partial charge < -0.3 is 54.0 Å². The summed E-state index contributed by atoms with van der Waals surface area (Å²) in [6, 6.07) is -7.02. The predicted molar refractivity (Wildman–Crippen MR) is 227 cm³/mol. The maximum absolute atomic E-state index is 13.5. The number of rotatable bonds is 27. The van der Waals surface area contributed by atoms with E-state index < -0.39 is 126 Å². The van der Waals surface area contributed by atoms with Crippen molar-refractivity contribution in [1.82, 2.24) is 42.5 Å². The number of hydrogen-bond acceptors (Lipinski definition) is 11. The Labute approximate surface area is 353 Å². The summed E-state index contributed by atoms with van der Waals surface area (Å²) in [5.41, 5.74) is 11.3. The fraction of sp³-hybridized carbons (Fsp3) is 0.769. The molecular weight excluding hydrogens is 785 g/mol. The Bertz CT molecular complexity index is 1450. The largest absolute Gasteiger partial charge is 0.368 e. The molecule has 0 unspecified atom stereocenters. The molecule has 0 heterocycles. The summed E-state index contributed by atoms with van der Waals surface area (Å²) >= 11 is 1.49. The van der Waals surface area contributed by atoms with Crippen molar-refractivity contribution >= 4 is 64.9 Å². The highest BCUT2D eigenvalue weighted by Crippen LogP contribution is 2.12. The van der Waals surface area contributed by atoms with Crippen LogP contribution in [0.1, 0.15) is 95.4 Å². The average molecular weight is 857 g/mol. The van der Waals surface area contributed by atoms with Crippen LogP contribution in [0.5, 0.6) is 0 Å². The minimum absolute atomic E-state index is 0.169. The van der Waals surface area contributed by atoms with Crippen molar-refractivity contribution in [2.75, 3.05) is 25.1 Å². The Hall–Kier alpha value is -4.46. The van der Waals surface area contributed by atoms with Gasteiger partial charge in [-0.05, 0) is 61.4 Å². The van der Waals surface area contributed by atoms with Crippen LogP contribution in [-0.2, 0) is 43.2 Å². The quantitative estimate of drug-likeness (QED) is 0.0467. The highest BCUT2D eigenvalue weighted by molar-refractivity contribution is 7.98. The third-order valence-corrected chi connectivity index (χ3v) is 10.2. The number of nitrogens with two attached hydrogens (primary N) is 2. The van der Waals surface area contributed by atoms with Crippen LogP contribution >= 0.6 is 11.8 Å². The van der Waals surface area contributed by atoms with Crippen LogP contribution in [-0.4, -0.2) is 121 Å². The molecule has 338 valence electrons. The van der Waals surface area contributed by atoms with E-state index in [9.17, 15) is 43.2 Å². The first-order valence-electron chi connectivity index (χ1n) is 20.3. The molecule has 0 aromatic rings. The summed E-state index contributed by atoms with van der Waals surface area (Å²) < 4.78 is 0. The monoisotopic (exact) mass is 857 g/mol. The second-order valence-corrected chi connectivity index (χ2v) is 17.3. The van der Waals surface area contributed by atoms with Gasteiger partial charge in [-0.15, -0.1) is 0 Å². The number of carbonyl (C=O) groups is 9. The van der Waals surface area contributed by atoms with Crippen LogP contribution in [0.25, 0.3) is 0 Å². The molecule has 0 radical (unpaired) electrons. The molecule has 20 heteroatoms. The van der Waals surface area contributed by atoms with Gasteiger partial charge in [0.05, 0.1) is 19.1 Å². The van der Waals surface area contributed by atoms with E-state index in [1.807, 2.05) is 27.0 Å². The molecule has 0 saturated carbocycles. The van der Waals surface area contributed by atoms with Crippen LogP contribution in [0.2, 0.25) is 0 Å². The van der Waals surface area contributed by atoms with Gasteiger partial charge in [-0.3, -0.25) is 43.2 Å². The standard InChI is InChI=1S/C39H72N10O9S/c1-13-23(10)32(39(58)44-24(11)33(41)52)49-38(57)31(22(8)9)48-37(56)30(21(6)7)46-28(51)18-42-27(50)17-43-36(55)29(20(4)5)47-35(54)26(14-15-59-12)45-34(53)25(40)16-19(2)3/h19-26,29-32H,13-18,40H2,1-12H3,(H2,41,52)(H,42,50)(H,43,55)(H,44,58)(H,45,53)(H,46,51)(H,47,54)(H,48,56)(H,49,57)/t23-,24-,25-,26-,29-,30-,31-,32-/m0/s1. The van der Waals surface area contributed by atoms with E-state index in [1.54, 1.807) is 48.5 Å². The second kappa shape index (κ2) is 27.3. The predicted octanol–water partition coefficient (Wildman–Crippen LogP) is -1.23. The van der Waals surface area contributed by atoms with E-state index in [1.165, 1.54) is 18.7 Å². The maximum Gasteiger partial charge on any atom is 0.243 e. The van der Waals surface area contributed by atoms with Crippen molar-refractivity contribution in [3.8, 4) is 0 Å². The first-order chi connectivity index (χ1) is 27.4. The highest BCUT2D eigenvalue weighted by Gasteiger charge is 2.35. The number of amides is 9. The van der Waals surface area contributed by atoms with Gasteiger partial charge in [-0.25, -0.2) is 0 Å². The first kappa shape index (κ1) is 54.5. The summed E-state index contributed by atoms with van der Waals surface area (Å²) in [6.07, 6.45) is 3.11. The summed E-state index contributed by atoms with van der Waals surface area (Å²) in [4.78, 5) is 116. The minimum Gasteiger partial charge on any atom is -0.368 e. The molecule has 9 amide bonds. The van der Waals surface area contributed by atoms with Crippen molar-refractivity contribution in [3.63, 3.8) is 0 Å². The van der Waals surface area contributed by atoms with E-state index in [0.29, 0.717) is 25.0 Å². The fourth-order valence-electron chi connectivity index (χ4n) is 5.56. The van der Waals surface area contributed by atoms with Crippen molar-refractivity contribution in [1.29, 1.82) is 0 Å². The molecule has 0 aromatic carbocycles. The van der Waals surface area contributed by atoms with Crippen LogP contribution in [0.4, 0.5) is 0 Å². The van der Waals surface area contributed by atoms with Gasteiger partial charge in [0.1, 0.15) is 36.3 Å². The zero-order valence-corrected chi connectivity index (χ0v) is 37.7. The molecule has 8 atom stereocenters. The molecule has 0 fully saturated rings. The molecule has 0 aliphatic carbocycles. The molecule has 19 nitrogen and oxygen atoms in total. The van der Waals surface area contributed by atoms with E-state index in [2.05, 4.69) is 42.5 Å². The second-order valence-electron chi connectivity index (χ2n) is 16.3. The van der Waals surface area contributed by atoms with E-state index in [4.69, 9.17) is 11.5 Å². The molecular formula is C39H72N10O9S. The van der Waals surface area contributed by atoms with E-state index in [0.717, 1.165) is 0 Å². The fourth-order valence-corrected chi connectivity index (χ4v) is 6.03. The van der Waals surface area contributed by atoms with Crippen LogP contribution < -0.4 is 54.0 Å². The molecule has 0 saturated heterocycles. The van der Waals surface area contributed by atoms with Crippen LogP contribution in [0.3, 0.4) is 0 Å². The van der Waals surface area contributed by atoms with Gasteiger partial charge in [0, 0.05) is 0 Å². The molecule has 12 N–H and O–H groups in total. The van der Waals surface area contributed by atoms with Gasteiger partial charge in [0.25, 0.3) is 0 Å². The summed E-state index contributed by atoms with van der Waals surface area (Å²) in [5, 5.41) is 20.6. The lowest BCUT2D eigenvalue weighted by atomic mass is 9.95. The van der Waals surface area contributed by atoms with E-state index in [-0.39, 0.29) is 11.8 Å². The molecule has 59 heavy (non-hydrogen) atoms. The molecule has 0 rings (SSSR count). The van der Waals surface area contributed by atoms with Gasteiger partial charge in [0.2, 0.25) is 53.2 Å². The van der Waals surface area contributed by atoms with Gasteiger partial charge in [0.15, 0.2) is 0 Å². The normalized spacial score (nSPS) is 15.4. The van der Waals surface area contributed by atoms with Gasteiger partial charge in [-0.1, -0.05) is 75.7 Å². The Morgan fingerprint density at radius 1 is 0.542 bits per heavy atom. The van der Waals surface area contributed by atoms with Gasteiger partial charge >= 0.3 is 0 Å². The Balaban J connectivity index is 5.50. The number of primary amides is 1. The number of hydrogen-bond donors (Lipinski definition) is 10. The highest BCUT2D eigenvalue weighted by atomic mass is 32.2. The Morgan fingerprint density at radius 3 is 1.47 bits per heavy atom. The zero-order valence-electron chi connectivity index (χ0n) is 36.9. The summed E-state index contributed by atoms with van der Waals surface area (Å²) in [6.45, 7) is 17.9. The molecule has 0 spiro atoms. The topological polar surface area (TPSA) is 302 Å². The zero-order chi connectivity index (χ0) is 45.7. The lowest BCUT2D eigenvalue weighted by Gasteiger charge is -2.30. The third kappa shape index (κ3) is 20.4. The Morgan fingerprint density at radius 2 is 1.00 bits per heavy atom. The van der Waals surface area contributed by atoms with Crippen LogP contribution in [0.15, 0.2) is 0 Å². The van der Waals surface area contributed by atoms with Gasteiger partial charge in [-0.2, -0.15) is 11.8 Å². The molecule has 0 bridgehead atoms. The van der Waals surface area contributed by atoms with Crippen molar-refractivity contribution in [2.45, 2.75) is 138 Å². The molecule has 0 aliphatic heterocycles. The van der Waals surface area contributed by atoms with Crippen molar-refractivity contribution in [2.24, 2.45) is 41.1 Å². The maximum atomic E-state index is 13.5. The third-order valence-electron chi connectivity index (χ3n) is 9.51. The minimum atomic E-state index is -1.12. The summed E-state index contributed by atoms with van der Waals surface area (Å²) in [5.74, 6) is -6.71. The number of thioether (sulfide) groups is 1. The number of carbonyl (C=O) groups excluding carboxylic acids is 9. The first-order valence-corrected chi connectivity index (χ1v) is 21.7. The smallest absolute Gasteiger partial charge is 0.243 e. The van der Waals surface area contributed by atoms with E-state index >= 15 is 0 Å². The number of nitrogens with one attached hydrogen (secondary N) is 8. The lowest BCUT2D eigenvalue weighted by Crippen LogP contribution is -2.61. The lowest BCUT2D eigenvalue weighted by molar-refractivity contribution is -0.136. The van der Waals surface area contributed by atoms with Crippen LogP contribution in [0, 0.1) is 29.6 Å². The summed E-state index contributed by atoms with van der Waals surface area (Å²) in [7, 11) is 0. The Kier molecular flexibility index (Phi) is 25.3. The molecule has 0 aromatic heterocycles.